The average Bonchev–Trinajstić information content (AvgIpc) is 3.40. The molecule has 0 radical (unpaired) electrons. The molecular weight excluding hydrogens is 511 g/mol. The number of rotatable bonds is 5. The lowest BCUT2D eigenvalue weighted by Gasteiger charge is -2.39. The number of methoxy groups -OCH3 is 2. The van der Waals surface area contributed by atoms with Crippen LogP contribution in [0.5, 0.6) is 0 Å². The molecule has 0 unspecified atom stereocenters. The maximum atomic E-state index is 13.1. The van der Waals surface area contributed by atoms with E-state index in [1.807, 2.05) is 0 Å². The number of anilines is 2. The predicted molar refractivity (Wildman–Crippen MR) is 165 cm³/mol. The number of aryl methyl sites for hydroxylation is 1. The van der Waals surface area contributed by atoms with Crippen molar-refractivity contribution in [3.05, 3.63) is 99.6 Å². The van der Waals surface area contributed by atoms with Crippen LogP contribution in [0.1, 0.15) is 38.9 Å². The van der Waals surface area contributed by atoms with Crippen LogP contribution in [0.2, 0.25) is 0 Å². The molecule has 0 spiro atoms. The van der Waals surface area contributed by atoms with Crippen LogP contribution < -0.4 is 15.5 Å². The van der Waals surface area contributed by atoms with Gasteiger partial charge in [0.05, 0.1) is 14.2 Å². The van der Waals surface area contributed by atoms with Gasteiger partial charge in [-0.05, 0) is 84.1 Å². The van der Waals surface area contributed by atoms with Crippen molar-refractivity contribution in [3.8, 4) is 0 Å². The Balaban J connectivity index is 1.54. The van der Waals surface area contributed by atoms with Crippen LogP contribution in [0.15, 0.2) is 60.7 Å². The van der Waals surface area contributed by atoms with Crippen molar-refractivity contribution in [2.45, 2.75) is 47.1 Å². The first-order chi connectivity index (χ1) is 19.7. The SMILES string of the molecule is COC(=O)C1(C(=O)OC)Cc2c(C)c(C)c(B3Nc4cccc5cccc(c45)N3Cc3cccc(C)c3)c(C)c2C1. The van der Waals surface area contributed by atoms with Crippen molar-refractivity contribution in [2.75, 3.05) is 24.3 Å². The third kappa shape index (κ3) is 4.09. The normalized spacial score (nSPS) is 15.0. The van der Waals surface area contributed by atoms with Gasteiger partial charge in [-0.15, -0.1) is 0 Å². The van der Waals surface area contributed by atoms with E-state index in [0.717, 1.165) is 40.0 Å². The summed E-state index contributed by atoms with van der Waals surface area (Å²) >= 11 is 0. The van der Waals surface area contributed by atoms with Crippen LogP contribution >= 0.6 is 0 Å². The van der Waals surface area contributed by atoms with Crippen LogP contribution in [0, 0.1) is 33.1 Å². The molecule has 0 fully saturated rings. The molecule has 1 aliphatic heterocycles. The van der Waals surface area contributed by atoms with Crippen molar-refractivity contribution >= 4 is 46.5 Å². The van der Waals surface area contributed by atoms with E-state index < -0.39 is 17.4 Å². The predicted octanol–water partition coefficient (Wildman–Crippen LogP) is 5.33. The van der Waals surface area contributed by atoms with Gasteiger partial charge in [0.25, 0.3) is 0 Å². The molecule has 0 aromatic heterocycles. The number of carbonyl (C=O) groups excluding carboxylic acids is 2. The molecule has 0 bridgehead atoms. The molecule has 1 heterocycles. The number of ether oxygens (including phenoxy) is 2. The van der Waals surface area contributed by atoms with Gasteiger partial charge < -0.3 is 19.5 Å². The largest absolute Gasteiger partial charge is 0.468 e. The monoisotopic (exact) mass is 546 g/mol. The molecule has 1 N–H and O–H groups in total. The quantitative estimate of drug-likeness (QED) is 0.207. The summed E-state index contributed by atoms with van der Waals surface area (Å²) in [6.45, 7) is 9.06. The first kappa shape index (κ1) is 26.9. The lowest BCUT2D eigenvalue weighted by molar-refractivity contribution is -0.168. The molecule has 0 atom stereocenters. The first-order valence-electron chi connectivity index (χ1n) is 14.1. The van der Waals surface area contributed by atoms with Gasteiger partial charge in [-0.1, -0.05) is 54.1 Å². The van der Waals surface area contributed by atoms with Crippen molar-refractivity contribution < 1.29 is 19.1 Å². The zero-order chi connectivity index (χ0) is 29.1. The second-order valence-corrected chi connectivity index (χ2v) is 11.5. The van der Waals surface area contributed by atoms with E-state index in [1.54, 1.807) is 0 Å². The van der Waals surface area contributed by atoms with E-state index in [2.05, 4.69) is 98.4 Å². The molecule has 4 aromatic carbocycles. The Hall–Kier alpha value is -4.26. The summed E-state index contributed by atoms with van der Waals surface area (Å²) in [6.07, 6.45) is 0.543. The van der Waals surface area contributed by atoms with E-state index in [-0.39, 0.29) is 19.8 Å². The molecule has 6 rings (SSSR count). The Kier molecular flexibility index (Phi) is 6.56. The summed E-state index contributed by atoms with van der Waals surface area (Å²) in [6, 6.07) is 21.5. The van der Waals surface area contributed by atoms with Crippen LogP contribution in [0.25, 0.3) is 10.8 Å². The van der Waals surface area contributed by atoms with Crippen molar-refractivity contribution in [2.24, 2.45) is 5.41 Å². The van der Waals surface area contributed by atoms with E-state index in [4.69, 9.17) is 9.47 Å². The minimum atomic E-state index is -1.37. The highest BCUT2D eigenvalue weighted by Gasteiger charge is 2.54. The van der Waals surface area contributed by atoms with Crippen LogP contribution in [-0.4, -0.2) is 33.1 Å². The smallest absolute Gasteiger partial charge is 0.409 e. The zero-order valence-electron chi connectivity index (χ0n) is 24.6. The number of nitrogens with zero attached hydrogens (tertiary/aromatic N) is 1. The van der Waals surface area contributed by atoms with Gasteiger partial charge in [-0.2, -0.15) is 0 Å². The maximum absolute atomic E-state index is 13.1. The molecule has 1 aliphatic carbocycles. The van der Waals surface area contributed by atoms with Gasteiger partial charge in [-0.25, -0.2) is 0 Å². The second kappa shape index (κ2) is 9.98. The second-order valence-electron chi connectivity index (χ2n) is 11.5. The number of hydrogen-bond acceptors (Lipinski definition) is 6. The standard InChI is InChI=1S/C34H35BN2O4/c1-20-10-7-11-24(16-20)19-37-29-15-9-13-25-12-8-14-28(30(25)29)36-35(37)31-22(3)21(2)26-17-34(32(38)40-5,33(39)41-6)18-27(26)23(31)4/h7-16,36H,17-19H2,1-6H3. The third-order valence-corrected chi connectivity index (χ3v) is 9.25. The molecule has 208 valence electrons. The summed E-state index contributed by atoms with van der Waals surface area (Å²) in [5.41, 5.74) is 9.97. The Bertz CT molecular complexity index is 1710. The van der Waals surface area contributed by atoms with Crippen molar-refractivity contribution in [1.29, 1.82) is 0 Å². The fourth-order valence-corrected chi connectivity index (χ4v) is 7.10. The molecule has 0 saturated carbocycles. The number of nitrogens with one attached hydrogen (secondary N) is 1. The van der Waals surface area contributed by atoms with Gasteiger partial charge in [0.15, 0.2) is 5.41 Å². The van der Waals surface area contributed by atoms with Gasteiger partial charge >= 0.3 is 18.9 Å². The minimum absolute atomic E-state index is 0.161. The fourth-order valence-electron chi connectivity index (χ4n) is 7.10. The molecule has 0 amide bonds. The summed E-state index contributed by atoms with van der Waals surface area (Å²) in [5, 5.41) is 6.30. The molecule has 4 aromatic rings. The average molecular weight is 546 g/mol. The highest BCUT2D eigenvalue weighted by Crippen LogP contribution is 2.44. The Labute approximate surface area is 241 Å². The summed E-state index contributed by atoms with van der Waals surface area (Å²) < 4.78 is 10.3. The van der Waals surface area contributed by atoms with Crippen LogP contribution in [0.3, 0.4) is 0 Å². The molecule has 7 heteroatoms. The topological polar surface area (TPSA) is 67.9 Å². The Morgan fingerprint density at radius 1 is 0.854 bits per heavy atom. The van der Waals surface area contributed by atoms with Crippen molar-refractivity contribution in [3.63, 3.8) is 0 Å². The zero-order valence-corrected chi connectivity index (χ0v) is 24.6. The maximum Gasteiger partial charge on any atom is 0.409 e. The van der Waals surface area contributed by atoms with Crippen molar-refractivity contribution in [1.82, 2.24) is 0 Å². The highest BCUT2D eigenvalue weighted by atomic mass is 16.5. The third-order valence-electron chi connectivity index (χ3n) is 9.25. The Morgan fingerprint density at radius 2 is 1.49 bits per heavy atom. The molecule has 41 heavy (non-hydrogen) atoms. The number of hydrogen-bond donors (Lipinski definition) is 1. The van der Waals surface area contributed by atoms with E-state index in [1.165, 1.54) is 47.3 Å². The molecule has 2 aliphatic rings. The van der Waals surface area contributed by atoms with Gasteiger partial charge in [-0.3, -0.25) is 9.59 Å². The summed E-state index contributed by atoms with van der Waals surface area (Å²) in [5.74, 6) is -1.09. The van der Waals surface area contributed by atoms with Gasteiger partial charge in [0.1, 0.15) is 0 Å². The van der Waals surface area contributed by atoms with E-state index in [0.29, 0.717) is 0 Å². The lowest BCUT2D eigenvalue weighted by Crippen LogP contribution is -2.57. The lowest BCUT2D eigenvalue weighted by atomic mass is 9.59. The van der Waals surface area contributed by atoms with Crippen LogP contribution in [-0.2, 0) is 38.4 Å². The minimum Gasteiger partial charge on any atom is -0.468 e. The number of benzene rings is 4. The van der Waals surface area contributed by atoms with Crippen LogP contribution in [0.4, 0.5) is 11.4 Å². The van der Waals surface area contributed by atoms with Gasteiger partial charge in [0.2, 0.25) is 0 Å². The van der Waals surface area contributed by atoms with E-state index >= 15 is 0 Å². The van der Waals surface area contributed by atoms with E-state index in [9.17, 15) is 9.59 Å². The number of esters is 2. The Morgan fingerprint density at radius 3 is 2.15 bits per heavy atom. The van der Waals surface area contributed by atoms with Gasteiger partial charge in [0, 0.05) is 36.1 Å². The molecular formula is C34H35BN2O4. The number of fused-ring (bicyclic) bond motifs is 1. The summed E-state index contributed by atoms with van der Waals surface area (Å²) in [4.78, 5) is 28.6. The summed E-state index contributed by atoms with van der Waals surface area (Å²) in [7, 11) is 2.67. The first-order valence-corrected chi connectivity index (χ1v) is 14.1. The number of carbonyl (C=O) groups is 2. The molecule has 6 nitrogen and oxygen atoms in total. The highest BCUT2D eigenvalue weighted by molar-refractivity contribution is 6.81. The molecule has 0 saturated heterocycles. The fraction of sp³-hybridized carbons (Fsp3) is 0.294.